The van der Waals surface area contributed by atoms with Crippen molar-refractivity contribution in [3.8, 4) is 22.8 Å². The van der Waals surface area contributed by atoms with Crippen molar-refractivity contribution in [2.45, 2.75) is 13.3 Å². The molecule has 0 unspecified atom stereocenters. The number of anilines is 1. The van der Waals surface area contributed by atoms with Crippen LogP contribution in [0.2, 0.25) is 5.02 Å². The van der Waals surface area contributed by atoms with Crippen molar-refractivity contribution in [3.05, 3.63) is 53.1 Å². The Morgan fingerprint density at radius 3 is 2.62 bits per heavy atom. The summed E-state index contributed by atoms with van der Waals surface area (Å²) in [7, 11) is 0. The van der Waals surface area contributed by atoms with E-state index in [1.165, 1.54) is 5.56 Å². The third-order valence-corrected chi connectivity index (χ3v) is 3.53. The average Bonchev–Trinajstić information content (AvgIpc) is 2.99. The molecule has 0 atom stereocenters. The van der Waals surface area contributed by atoms with E-state index in [0.717, 1.165) is 12.0 Å². The molecule has 0 fully saturated rings. The van der Waals surface area contributed by atoms with Crippen LogP contribution in [0.3, 0.4) is 0 Å². The summed E-state index contributed by atoms with van der Waals surface area (Å²) in [5.41, 5.74) is 9.29. The van der Waals surface area contributed by atoms with Gasteiger partial charge in [0.15, 0.2) is 0 Å². The van der Waals surface area contributed by atoms with E-state index in [2.05, 4.69) is 29.2 Å². The van der Waals surface area contributed by atoms with Gasteiger partial charge in [-0.15, -0.1) is 0 Å². The van der Waals surface area contributed by atoms with Crippen molar-refractivity contribution in [3.63, 3.8) is 0 Å². The topological polar surface area (TPSA) is 64.9 Å². The number of halogens is 1. The fraction of sp³-hybridized carbons (Fsp3) is 0.125. The van der Waals surface area contributed by atoms with Crippen molar-refractivity contribution < 1.29 is 4.52 Å². The molecule has 2 N–H and O–H groups in total. The molecule has 1 aromatic heterocycles. The van der Waals surface area contributed by atoms with E-state index >= 15 is 0 Å². The molecular weight excluding hydrogens is 286 g/mol. The van der Waals surface area contributed by atoms with Crippen molar-refractivity contribution in [2.24, 2.45) is 0 Å². The van der Waals surface area contributed by atoms with Crippen LogP contribution < -0.4 is 5.73 Å². The molecule has 4 nitrogen and oxygen atoms in total. The molecule has 106 valence electrons. The third-order valence-electron chi connectivity index (χ3n) is 3.29. The minimum absolute atomic E-state index is 0.365. The van der Waals surface area contributed by atoms with E-state index in [0.29, 0.717) is 28.0 Å². The zero-order valence-electron chi connectivity index (χ0n) is 11.5. The monoisotopic (exact) mass is 299 g/mol. The first-order chi connectivity index (χ1) is 10.2. The normalized spacial score (nSPS) is 10.8. The summed E-state index contributed by atoms with van der Waals surface area (Å²) < 4.78 is 5.30. The summed E-state index contributed by atoms with van der Waals surface area (Å²) in [4.78, 5) is 4.39. The highest BCUT2D eigenvalue weighted by molar-refractivity contribution is 6.31. The van der Waals surface area contributed by atoms with Gasteiger partial charge in [-0.3, -0.25) is 0 Å². The fourth-order valence-electron chi connectivity index (χ4n) is 2.05. The van der Waals surface area contributed by atoms with Gasteiger partial charge in [-0.2, -0.15) is 4.98 Å². The van der Waals surface area contributed by atoms with Crippen LogP contribution >= 0.6 is 11.6 Å². The largest absolute Gasteiger partial charge is 0.398 e. The number of aryl methyl sites for hydroxylation is 1. The molecule has 0 aliphatic rings. The Morgan fingerprint density at radius 1 is 1.14 bits per heavy atom. The summed E-state index contributed by atoms with van der Waals surface area (Å²) in [5, 5.41) is 4.58. The lowest BCUT2D eigenvalue weighted by Gasteiger charge is -2.00. The van der Waals surface area contributed by atoms with Crippen LogP contribution in [0.1, 0.15) is 12.5 Å². The lowest BCUT2D eigenvalue weighted by Crippen LogP contribution is -1.90. The summed E-state index contributed by atoms with van der Waals surface area (Å²) in [6.07, 6.45) is 0.997. The molecule has 0 saturated carbocycles. The van der Waals surface area contributed by atoms with Gasteiger partial charge in [0.1, 0.15) is 0 Å². The quantitative estimate of drug-likeness (QED) is 0.736. The second-order valence-electron chi connectivity index (χ2n) is 4.71. The Labute approximate surface area is 127 Å². The minimum atomic E-state index is 0.365. The van der Waals surface area contributed by atoms with Crippen LogP contribution in [0.15, 0.2) is 47.0 Å². The maximum atomic E-state index is 5.98. The van der Waals surface area contributed by atoms with Gasteiger partial charge in [0, 0.05) is 16.3 Å². The first-order valence-corrected chi connectivity index (χ1v) is 7.03. The van der Waals surface area contributed by atoms with Crippen molar-refractivity contribution >= 4 is 17.3 Å². The van der Waals surface area contributed by atoms with Crippen molar-refractivity contribution in [1.82, 2.24) is 10.1 Å². The molecule has 21 heavy (non-hydrogen) atoms. The van der Waals surface area contributed by atoms with Crippen LogP contribution in [0.25, 0.3) is 22.8 Å². The van der Waals surface area contributed by atoms with Crippen LogP contribution in [-0.2, 0) is 6.42 Å². The molecule has 0 aliphatic heterocycles. The Morgan fingerprint density at radius 2 is 1.90 bits per heavy atom. The molecule has 0 spiro atoms. The van der Waals surface area contributed by atoms with Gasteiger partial charge in [-0.25, -0.2) is 0 Å². The van der Waals surface area contributed by atoms with E-state index in [-0.39, 0.29) is 0 Å². The van der Waals surface area contributed by atoms with Gasteiger partial charge in [-0.1, -0.05) is 47.9 Å². The summed E-state index contributed by atoms with van der Waals surface area (Å²) >= 11 is 5.98. The molecule has 2 aromatic carbocycles. The fourth-order valence-corrected chi connectivity index (χ4v) is 2.23. The lowest BCUT2D eigenvalue weighted by atomic mass is 10.1. The zero-order valence-corrected chi connectivity index (χ0v) is 12.3. The zero-order chi connectivity index (χ0) is 14.8. The van der Waals surface area contributed by atoms with Crippen LogP contribution in [-0.4, -0.2) is 10.1 Å². The minimum Gasteiger partial charge on any atom is -0.398 e. The first-order valence-electron chi connectivity index (χ1n) is 6.66. The second-order valence-corrected chi connectivity index (χ2v) is 5.14. The molecule has 0 radical (unpaired) electrons. The number of nitrogens with two attached hydrogens (primary N) is 1. The van der Waals surface area contributed by atoms with E-state index in [4.69, 9.17) is 21.9 Å². The maximum Gasteiger partial charge on any atom is 0.260 e. The molecule has 3 aromatic rings. The van der Waals surface area contributed by atoms with E-state index in [1.54, 1.807) is 18.2 Å². The summed E-state index contributed by atoms with van der Waals surface area (Å²) in [6, 6.07) is 13.2. The predicted molar refractivity (Wildman–Crippen MR) is 84.0 cm³/mol. The summed E-state index contributed by atoms with van der Waals surface area (Å²) in [6.45, 7) is 2.11. The number of aromatic nitrogens is 2. The highest BCUT2D eigenvalue weighted by Crippen LogP contribution is 2.29. The first kappa shape index (κ1) is 13.6. The van der Waals surface area contributed by atoms with Gasteiger partial charge in [0.25, 0.3) is 5.89 Å². The number of rotatable bonds is 3. The maximum absolute atomic E-state index is 5.98. The summed E-state index contributed by atoms with van der Waals surface area (Å²) in [5.74, 6) is 0.900. The second kappa shape index (κ2) is 5.58. The number of benzene rings is 2. The molecule has 1 heterocycles. The third kappa shape index (κ3) is 2.76. The molecule has 3 rings (SSSR count). The van der Waals surface area contributed by atoms with Crippen molar-refractivity contribution in [1.29, 1.82) is 0 Å². The van der Waals surface area contributed by atoms with Crippen LogP contribution in [0.4, 0.5) is 5.69 Å². The van der Waals surface area contributed by atoms with E-state index in [1.807, 2.05) is 12.1 Å². The van der Waals surface area contributed by atoms with Crippen LogP contribution in [0.5, 0.6) is 0 Å². The SMILES string of the molecule is CCc1ccc(-c2noc(-c3cc(Cl)ccc3N)n2)cc1. The smallest absolute Gasteiger partial charge is 0.260 e. The average molecular weight is 300 g/mol. The highest BCUT2D eigenvalue weighted by atomic mass is 35.5. The Hall–Kier alpha value is -2.33. The number of nitrogen functional groups attached to an aromatic ring is 1. The highest BCUT2D eigenvalue weighted by Gasteiger charge is 2.13. The standard InChI is InChI=1S/C16H14ClN3O/c1-2-10-3-5-11(6-4-10)15-19-16(21-20-15)13-9-12(17)7-8-14(13)18/h3-9H,2,18H2,1H3. The van der Waals surface area contributed by atoms with Gasteiger partial charge in [0.2, 0.25) is 5.82 Å². The molecule has 0 aliphatic carbocycles. The molecule has 0 amide bonds. The Kier molecular flexibility index (Phi) is 3.62. The molecular formula is C16H14ClN3O. The van der Waals surface area contributed by atoms with Gasteiger partial charge >= 0.3 is 0 Å². The number of hydrogen-bond donors (Lipinski definition) is 1. The van der Waals surface area contributed by atoms with Gasteiger partial charge < -0.3 is 10.3 Å². The van der Waals surface area contributed by atoms with Crippen molar-refractivity contribution in [2.75, 3.05) is 5.73 Å². The lowest BCUT2D eigenvalue weighted by molar-refractivity contribution is 0.432. The molecule has 0 bridgehead atoms. The molecule has 0 saturated heterocycles. The predicted octanol–water partition coefficient (Wildman–Crippen LogP) is 4.20. The molecule has 5 heteroatoms. The van der Waals surface area contributed by atoms with Gasteiger partial charge in [0.05, 0.1) is 5.56 Å². The van der Waals surface area contributed by atoms with E-state index < -0.39 is 0 Å². The Balaban J connectivity index is 1.97. The number of nitrogens with zero attached hydrogens (tertiary/aromatic N) is 2. The van der Waals surface area contributed by atoms with Crippen LogP contribution in [0, 0.1) is 0 Å². The Bertz CT molecular complexity index is 765. The van der Waals surface area contributed by atoms with E-state index in [9.17, 15) is 0 Å². The van der Waals surface area contributed by atoms with Gasteiger partial charge in [-0.05, 0) is 30.2 Å². The number of hydrogen-bond acceptors (Lipinski definition) is 4.